The molecular formula is C10H12IS. The Labute approximate surface area is 92.3 Å². The van der Waals surface area contributed by atoms with Gasteiger partial charge in [-0.2, -0.15) is 0 Å². The SMILES string of the molecule is CSc1cc(I)cc([C](C)C)c1. The molecule has 0 aliphatic heterocycles. The van der Waals surface area contributed by atoms with E-state index >= 15 is 0 Å². The second-order valence-electron chi connectivity index (χ2n) is 2.88. The zero-order valence-electron chi connectivity index (χ0n) is 7.52. The Hall–Kier alpha value is 0.300. The van der Waals surface area contributed by atoms with E-state index in [0.29, 0.717) is 0 Å². The van der Waals surface area contributed by atoms with Crippen molar-refractivity contribution in [3.63, 3.8) is 0 Å². The molecule has 0 saturated carbocycles. The highest BCUT2D eigenvalue weighted by Crippen LogP contribution is 2.24. The number of thioether (sulfide) groups is 1. The first-order chi connectivity index (χ1) is 5.63. The Bertz CT molecular complexity index is 269. The topological polar surface area (TPSA) is 0 Å². The number of hydrogen-bond donors (Lipinski definition) is 0. The Morgan fingerprint density at radius 3 is 2.42 bits per heavy atom. The maximum atomic E-state index is 2.36. The largest absolute Gasteiger partial charge is 0.130 e. The first-order valence-corrected chi connectivity index (χ1v) is 6.09. The zero-order chi connectivity index (χ0) is 9.14. The Morgan fingerprint density at radius 2 is 1.92 bits per heavy atom. The smallest absolute Gasteiger partial charge is 0.0144 e. The van der Waals surface area contributed by atoms with Crippen LogP contribution in [0.3, 0.4) is 0 Å². The summed E-state index contributed by atoms with van der Waals surface area (Å²) in [7, 11) is 0. The second-order valence-corrected chi connectivity index (χ2v) is 5.01. The molecule has 0 saturated heterocycles. The van der Waals surface area contributed by atoms with Crippen LogP contribution in [0.25, 0.3) is 0 Å². The highest BCUT2D eigenvalue weighted by Gasteiger charge is 2.02. The van der Waals surface area contributed by atoms with E-state index in [9.17, 15) is 0 Å². The molecule has 0 bridgehead atoms. The van der Waals surface area contributed by atoms with Gasteiger partial charge in [-0.25, -0.2) is 0 Å². The zero-order valence-corrected chi connectivity index (χ0v) is 10.5. The van der Waals surface area contributed by atoms with E-state index in [2.05, 4.69) is 60.9 Å². The van der Waals surface area contributed by atoms with Crippen molar-refractivity contribution in [2.45, 2.75) is 18.7 Å². The lowest BCUT2D eigenvalue weighted by molar-refractivity contribution is 1.13. The molecule has 1 rings (SSSR count). The van der Waals surface area contributed by atoms with Gasteiger partial charge in [-0.1, -0.05) is 13.8 Å². The Kier molecular flexibility index (Phi) is 3.90. The summed E-state index contributed by atoms with van der Waals surface area (Å²) in [6.07, 6.45) is 2.11. The van der Waals surface area contributed by atoms with Crippen molar-refractivity contribution in [2.75, 3.05) is 6.26 Å². The first kappa shape index (κ1) is 10.4. The maximum Gasteiger partial charge on any atom is 0.0144 e. The fourth-order valence-corrected chi connectivity index (χ4v) is 2.34. The van der Waals surface area contributed by atoms with Crippen molar-refractivity contribution in [3.8, 4) is 0 Å². The molecule has 0 spiro atoms. The van der Waals surface area contributed by atoms with E-state index in [-0.39, 0.29) is 0 Å². The van der Waals surface area contributed by atoms with E-state index < -0.39 is 0 Å². The standard InChI is InChI=1S/C10H12IS/c1-7(2)8-4-9(11)6-10(5-8)12-3/h4-6H,1-3H3. The van der Waals surface area contributed by atoms with Gasteiger partial charge >= 0.3 is 0 Å². The van der Waals surface area contributed by atoms with Crippen LogP contribution in [0.15, 0.2) is 23.1 Å². The quantitative estimate of drug-likeness (QED) is 0.587. The van der Waals surface area contributed by atoms with Crippen molar-refractivity contribution in [3.05, 3.63) is 33.3 Å². The average Bonchev–Trinajstić information content (AvgIpc) is 2.03. The lowest BCUT2D eigenvalue weighted by atomic mass is 10.0. The molecule has 0 aliphatic carbocycles. The van der Waals surface area contributed by atoms with E-state index in [4.69, 9.17) is 0 Å². The van der Waals surface area contributed by atoms with Gasteiger partial charge in [0.1, 0.15) is 0 Å². The highest BCUT2D eigenvalue weighted by atomic mass is 127. The number of rotatable bonds is 2. The summed E-state index contributed by atoms with van der Waals surface area (Å²) in [6.45, 7) is 4.30. The molecule has 0 fully saturated rings. The molecule has 65 valence electrons. The molecule has 0 N–H and O–H groups in total. The van der Waals surface area contributed by atoms with Crippen LogP contribution in [-0.4, -0.2) is 6.26 Å². The monoisotopic (exact) mass is 291 g/mol. The van der Waals surface area contributed by atoms with Crippen LogP contribution in [0.5, 0.6) is 0 Å². The van der Waals surface area contributed by atoms with E-state index in [1.54, 1.807) is 11.8 Å². The predicted octanol–water partition coefficient (Wildman–Crippen LogP) is 3.98. The first-order valence-electron chi connectivity index (χ1n) is 3.78. The number of hydrogen-bond acceptors (Lipinski definition) is 1. The van der Waals surface area contributed by atoms with Gasteiger partial charge in [0, 0.05) is 8.47 Å². The summed E-state index contributed by atoms with van der Waals surface area (Å²) in [5.74, 6) is 1.38. The molecule has 0 unspecified atom stereocenters. The third-order valence-electron chi connectivity index (χ3n) is 1.68. The van der Waals surface area contributed by atoms with E-state index in [1.807, 2.05) is 0 Å². The molecule has 0 heterocycles. The molecule has 0 amide bonds. The minimum Gasteiger partial charge on any atom is -0.130 e. The molecule has 0 aliphatic rings. The minimum absolute atomic E-state index is 1.32. The second kappa shape index (κ2) is 4.51. The summed E-state index contributed by atoms with van der Waals surface area (Å²) < 4.78 is 1.32. The van der Waals surface area contributed by atoms with E-state index in [0.717, 1.165) is 0 Å². The van der Waals surface area contributed by atoms with Crippen molar-refractivity contribution in [1.82, 2.24) is 0 Å². The lowest BCUT2D eigenvalue weighted by Crippen LogP contribution is -1.89. The fraction of sp³-hybridized carbons (Fsp3) is 0.300. The highest BCUT2D eigenvalue weighted by molar-refractivity contribution is 14.1. The molecule has 0 aromatic heterocycles. The number of benzene rings is 1. The van der Waals surface area contributed by atoms with Gasteiger partial charge in [0.15, 0.2) is 0 Å². The van der Waals surface area contributed by atoms with Crippen molar-refractivity contribution < 1.29 is 0 Å². The Morgan fingerprint density at radius 1 is 1.25 bits per heavy atom. The molecule has 12 heavy (non-hydrogen) atoms. The summed E-state index contributed by atoms with van der Waals surface area (Å²) in [6, 6.07) is 6.66. The van der Waals surface area contributed by atoms with Crippen LogP contribution in [0.1, 0.15) is 19.4 Å². The molecule has 2 heteroatoms. The summed E-state index contributed by atoms with van der Waals surface area (Å²) in [4.78, 5) is 1.35. The molecule has 1 aromatic carbocycles. The predicted molar refractivity (Wildman–Crippen MR) is 64.6 cm³/mol. The molecular weight excluding hydrogens is 279 g/mol. The van der Waals surface area contributed by atoms with Gasteiger partial charge in [-0.05, 0) is 58.5 Å². The average molecular weight is 291 g/mol. The summed E-state index contributed by atoms with van der Waals surface area (Å²) >= 11 is 4.16. The van der Waals surface area contributed by atoms with Gasteiger partial charge in [-0.15, -0.1) is 11.8 Å². The van der Waals surface area contributed by atoms with Crippen molar-refractivity contribution >= 4 is 34.4 Å². The van der Waals surface area contributed by atoms with E-state index in [1.165, 1.54) is 19.9 Å². The van der Waals surface area contributed by atoms with Gasteiger partial charge in [0.05, 0.1) is 0 Å². The van der Waals surface area contributed by atoms with Crippen molar-refractivity contribution in [1.29, 1.82) is 0 Å². The Balaban J connectivity index is 3.06. The van der Waals surface area contributed by atoms with Crippen LogP contribution in [0.4, 0.5) is 0 Å². The number of halogens is 1. The van der Waals surface area contributed by atoms with Crippen LogP contribution < -0.4 is 0 Å². The van der Waals surface area contributed by atoms with Gasteiger partial charge in [-0.3, -0.25) is 0 Å². The van der Waals surface area contributed by atoms with Crippen molar-refractivity contribution in [2.24, 2.45) is 0 Å². The maximum absolute atomic E-state index is 2.36. The molecule has 1 radical (unpaired) electrons. The molecule has 0 nitrogen and oxygen atoms in total. The normalized spacial score (nSPS) is 10.8. The lowest BCUT2D eigenvalue weighted by Gasteiger charge is -2.07. The van der Waals surface area contributed by atoms with Crippen LogP contribution in [-0.2, 0) is 0 Å². The third kappa shape index (κ3) is 2.66. The van der Waals surface area contributed by atoms with Crippen LogP contribution >= 0.6 is 34.4 Å². The summed E-state index contributed by atoms with van der Waals surface area (Å²) in [5, 5.41) is 0. The third-order valence-corrected chi connectivity index (χ3v) is 3.01. The molecule has 1 aromatic rings. The van der Waals surface area contributed by atoms with Crippen LogP contribution in [0, 0.1) is 9.49 Å². The van der Waals surface area contributed by atoms with Gasteiger partial charge in [0.25, 0.3) is 0 Å². The molecule has 0 atom stereocenters. The van der Waals surface area contributed by atoms with Gasteiger partial charge < -0.3 is 0 Å². The summed E-state index contributed by atoms with van der Waals surface area (Å²) in [5.41, 5.74) is 1.35. The van der Waals surface area contributed by atoms with Crippen LogP contribution in [0.2, 0.25) is 0 Å². The van der Waals surface area contributed by atoms with Gasteiger partial charge in [0.2, 0.25) is 0 Å². The fourth-order valence-electron chi connectivity index (χ4n) is 0.969. The minimum atomic E-state index is 1.32.